The Bertz CT molecular complexity index is 622. The number of piperazine rings is 1. The van der Waals surface area contributed by atoms with E-state index in [0.717, 1.165) is 12.2 Å². The van der Waals surface area contributed by atoms with E-state index in [9.17, 15) is 9.59 Å². The first-order chi connectivity index (χ1) is 13.0. The van der Waals surface area contributed by atoms with Gasteiger partial charge in [-0.2, -0.15) is 11.8 Å². The normalized spacial score (nSPS) is 16.1. The maximum Gasteiger partial charge on any atom is 0.263 e. The minimum atomic E-state index is -0.552. The van der Waals surface area contributed by atoms with Crippen LogP contribution in [0.2, 0.25) is 0 Å². The quantitative estimate of drug-likeness (QED) is 0.685. The third-order valence-electron chi connectivity index (χ3n) is 4.85. The zero-order chi connectivity index (χ0) is 19.8. The van der Waals surface area contributed by atoms with Gasteiger partial charge in [0, 0.05) is 26.2 Å². The molecule has 0 aliphatic carbocycles. The number of carbonyl (C=O) groups is 2. The van der Waals surface area contributed by atoms with Gasteiger partial charge in [0.15, 0.2) is 6.10 Å². The van der Waals surface area contributed by atoms with Crippen molar-refractivity contribution in [2.24, 2.45) is 5.73 Å². The van der Waals surface area contributed by atoms with E-state index >= 15 is 0 Å². The highest BCUT2D eigenvalue weighted by molar-refractivity contribution is 7.98. The summed E-state index contributed by atoms with van der Waals surface area (Å²) in [4.78, 5) is 28.6. The lowest BCUT2D eigenvalue weighted by Gasteiger charge is -2.36. The number of benzene rings is 1. The van der Waals surface area contributed by atoms with Crippen LogP contribution in [0, 0.1) is 0 Å². The van der Waals surface area contributed by atoms with Crippen LogP contribution in [0.4, 0.5) is 0 Å². The minimum Gasteiger partial charge on any atom is -0.481 e. The third-order valence-corrected chi connectivity index (χ3v) is 5.49. The van der Waals surface area contributed by atoms with Crippen molar-refractivity contribution in [3.63, 3.8) is 0 Å². The molecule has 1 saturated heterocycles. The SMILES string of the molecule is CCc1ccc(OC(C)C(=O)N2CCN(C(=O)[C@@H](N)CCSC)CC2)cc1.Cl. The number of nitrogens with zero attached hydrogens (tertiary/aromatic N) is 2. The molecule has 2 rings (SSSR count). The zero-order valence-corrected chi connectivity index (χ0v) is 18.6. The second-order valence-electron chi connectivity index (χ2n) is 6.80. The van der Waals surface area contributed by atoms with Gasteiger partial charge in [-0.15, -0.1) is 12.4 Å². The van der Waals surface area contributed by atoms with Crippen molar-refractivity contribution in [3.05, 3.63) is 29.8 Å². The maximum atomic E-state index is 12.6. The van der Waals surface area contributed by atoms with Gasteiger partial charge in [0.05, 0.1) is 6.04 Å². The Labute approximate surface area is 178 Å². The Hall–Kier alpha value is -1.44. The molecule has 158 valence electrons. The van der Waals surface area contributed by atoms with Gasteiger partial charge in [-0.3, -0.25) is 9.59 Å². The Morgan fingerprint density at radius 3 is 2.14 bits per heavy atom. The molecule has 1 aromatic rings. The molecule has 0 spiro atoms. The van der Waals surface area contributed by atoms with Crippen molar-refractivity contribution < 1.29 is 14.3 Å². The van der Waals surface area contributed by atoms with Crippen LogP contribution >= 0.6 is 24.2 Å². The van der Waals surface area contributed by atoms with Crippen LogP contribution in [-0.4, -0.2) is 71.9 Å². The summed E-state index contributed by atoms with van der Waals surface area (Å²) in [5, 5.41) is 0. The van der Waals surface area contributed by atoms with Gasteiger partial charge in [-0.1, -0.05) is 19.1 Å². The van der Waals surface area contributed by atoms with Crippen molar-refractivity contribution in [2.45, 2.75) is 38.8 Å². The lowest BCUT2D eigenvalue weighted by Crippen LogP contribution is -2.56. The van der Waals surface area contributed by atoms with E-state index in [1.807, 2.05) is 30.5 Å². The number of rotatable bonds is 8. The molecule has 2 amide bonds. The highest BCUT2D eigenvalue weighted by Gasteiger charge is 2.29. The molecule has 1 aromatic carbocycles. The second-order valence-corrected chi connectivity index (χ2v) is 7.78. The van der Waals surface area contributed by atoms with Crippen molar-refractivity contribution in [3.8, 4) is 5.75 Å². The summed E-state index contributed by atoms with van der Waals surface area (Å²) in [5.74, 6) is 1.51. The van der Waals surface area contributed by atoms with Gasteiger partial charge in [0.2, 0.25) is 5.91 Å². The Kier molecular flexibility index (Phi) is 10.7. The zero-order valence-electron chi connectivity index (χ0n) is 16.9. The number of ether oxygens (including phenoxy) is 1. The first-order valence-electron chi connectivity index (χ1n) is 9.54. The molecule has 1 heterocycles. The molecular weight excluding hydrogens is 398 g/mol. The highest BCUT2D eigenvalue weighted by atomic mass is 35.5. The summed E-state index contributed by atoms with van der Waals surface area (Å²) >= 11 is 1.69. The lowest BCUT2D eigenvalue weighted by molar-refractivity contribution is -0.144. The summed E-state index contributed by atoms with van der Waals surface area (Å²) < 4.78 is 5.79. The van der Waals surface area contributed by atoms with Gasteiger partial charge < -0.3 is 20.3 Å². The van der Waals surface area contributed by atoms with Crippen LogP contribution in [0.15, 0.2) is 24.3 Å². The van der Waals surface area contributed by atoms with Gasteiger partial charge in [-0.05, 0) is 49.5 Å². The molecule has 0 radical (unpaired) electrons. The number of aryl methyl sites for hydroxylation is 1. The van der Waals surface area contributed by atoms with E-state index in [4.69, 9.17) is 10.5 Å². The van der Waals surface area contributed by atoms with Crippen LogP contribution in [0.5, 0.6) is 5.75 Å². The Morgan fingerprint density at radius 1 is 1.11 bits per heavy atom. The van der Waals surface area contributed by atoms with Crippen molar-refractivity contribution >= 4 is 36.0 Å². The minimum absolute atomic E-state index is 0. The van der Waals surface area contributed by atoms with Crippen LogP contribution in [0.1, 0.15) is 25.8 Å². The van der Waals surface area contributed by atoms with Crippen molar-refractivity contribution in [1.29, 1.82) is 0 Å². The molecule has 2 N–H and O–H groups in total. The van der Waals surface area contributed by atoms with Gasteiger partial charge >= 0.3 is 0 Å². The lowest BCUT2D eigenvalue weighted by atomic mass is 10.1. The number of thioether (sulfide) groups is 1. The topological polar surface area (TPSA) is 75.9 Å². The summed E-state index contributed by atoms with van der Waals surface area (Å²) in [5.41, 5.74) is 7.21. The summed E-state index contributed by atoms with van der Waals surface area (Å²) in [6.07, 6.45) is 3.10. The number of hydrogen-bond acceptors (Lipinski definition) is 5. The summed E-state index contributed by atoms with van der Waals surface area (Å²) in [6.45, 7) is 5.95. The van der Waals surface area contributed by atoms with E-state index < -0.39 is 12.1 Å². The summed E-state index contributed by atoms with van der Waals surface area (Å²) in [7, 11) is 0. The molecule has 8 heteroatoms. The number of carbonyl (C=O) groups excluding carboxylic acids is 2. The smallest absolute Gasteiger partial charge is 0.263 e. The molecule has 0 saturated carbocycles. The number of halogens is 1. The Morgan fingerprint density at radius 2 is 1.64 bits per heavy atom. The molecule has 1 unspecified atom stereocenters. The molecule has 6 nitrogen and oxygen atoms in total. The van der Waals surface area contributed by atoms with Crippen LogP contribution in [-0.2, 0) is 16.0 Å². The number of hydrogen-bond donors (Lipinski definition) is 1. The molecule has 28 heavy (non-hydrogen) atoms. The molecule has 0 bridgehead atoms. The van der Waals surface area contributed by atoms with E-state index in [2.05, 4.69) is 6.92 Å². The molecule has 0 aromatic heterocycles. The van der Waals surface area contributed by atoms with Crippen molar-refractivity contribution in [1.82, 2.24) is 9.80 Å². The fourth-order valence-electron chi connectivity index (χ4n) is 3.07. The standard InChI is InChI=1S/C20H31N3O3S.ClH/c1-4-16-5-7-17(8-6-16)26-15(2)19(24)22-10-12-23(13-11-22)20(25)18(21)9-14-27-3;/h5-8,15,18H,4,9-14,21H2,1-3H3;1H/t15?,18-;/m0./s1. The monoisotopic (exact) mass is 429 g/mol. The van der Waals surface area contributed by atoms with E-state index in [0.29, 0.717) is 38.3 Å². The first-order valence-corrected chi connectivity index (χ1v) is 10.9. The average Bonchev–Trinajstić information content (AvgIpc) is 2.71. The summed E-state index contributed by atoms with van der Waals surface area (Å²) in [6, 6.07) is 7.37. The van der Waals surface area contributed by atoms with Crippen LogP contribution < -0.4 is 10.5 Å². The number of amides is 2. The number of nitrogens with two attached hydrogens (primary N) is 1. The fourth-order valence-corrected chi connectivity index (χ4v) is 3.56. The largest absolute Gasteiger partial charge is 0.481 e. The maximum absolute atomic E-state index is 12.6. The van der Waals surface area contributed by atoms with Crippen LogP contribution in [0.25, 0.3) is 0 Å². The average molecular weight is 430 g/mol. The first kappa shape index (κ1) is 24.6. The molecule has 1 fully saturated rings. The molecule has 2 atom stereocenters. The Balaban J connectivity index is 0.00000392. The predicted molar refractivity (Wildman–Crippen MR) is 117 cm³/mol. The highest BCUT2D eigenvalue weighted by Crippen LogP contribution is 2.16. The molecule has 1 aliphatic heterocycles. The van der Waals surface area contributed by atoms with Gasteiger partial charge in [0.1, 0.15) is 5.75 Å². The second kappa shape index (κ2) is 12.2. The predicted octanol–water partition coefficient (Wildman–Crippen LogP) is 2.19. The van der Waals surface area contributed by atoms with Gasteiger partial charge in [-0.25, -0.2) is 0 Å². The molecular formula is C20H32ClN3O3S. The molecule has 1 aliphatic rings. The van der Waals surface area contributed by atoms with Crippen molar-refractivity contribution in [2.75, 3.05) is 38.2 Å². The van der Waals surface area contributed by atoms with E-state index in [1.165, 1.54) is 5.56 Å². The van der Waals surface area contributed by atoms with E-state index in [1.54, 1.807) is 28.5 Å². The van der Waals surface area contributed by atoms with Gasteiger partial charge in [0.25, 0.3) is 5.91 Å². The van der Waals surface area contributed by atoms with E-state index in [-0.39, 0.29) is 24.2 Å². The van der Waals surface area contributed by atoms with Crippen LogP contribution in [0.3, 0.4) is 0 Å². The fraction of sp³-hybridized carbons (Fsp3) is 0.600. The third kappa shape index (κ3) is 6.87.